The van der Waals surface area contributed by atoms with Gasteiger partial charge in [0, 0.05) is 56.2 Å². The molecule has 5 rings (SSSR count). The van der Waals surface area contributed by atoms with Crippen LogP contribution < -0.4 is 10.2 Å². The molecule has 4 heterocycles. The van der Waals surface area contributed by atoms with Gasteiger partial charge < -0.3 is 19.7 Å². The zero-order valence-electron chi connectivity index (χ0n) is 17.2. The van der Waals surface area contributed by atoms with Crippen LogP contribution in [0.4, 0.5) is 15.9 Å². The number of halogens is 1. The first-order valence-electron chi connectivity index (χ1n) is 10.7. The predicted octanol–water partition coefficient (Wildman–Crippen LogP) is 2.82. The minimum absolute atomic E-state index is 0.279. The average molecular weight is 414 g/mol. The van der Waals surface area contributed by atoms with Crippen LogP contribution in [0.3, 0.4) is 0 Å². The van der Waals surface area contributed by atoms with Gasteiger partial charge in [-0.2, -0.15) is 5.10 Å². The summed E-state index contributed by atoms with van der Waals surface area (Å²) in [6.07, 6.45) is 3.44. The molecule has 1 atom stereocenters. The van der Waals surface area contributed by atoms with Crippen molar-refractivity contribution in [3.05, 3.63) is 40.8 Å². The van der Waals surface area contributed by atoms with Crippen LogP contribution in [0.5, 0.6) is 0 Å². The van der Waals surface area contributed by atoms with Crippen LogP contribution in [-0.4, -0.2) is 49.2 Å². The van der Waals surface area contributed by atoms with Crippen LogP contribution in [0.2, 0.25) is 0 Å². The van der Waals surface area contributed by atoms with Gasteiger partial charge in [-0.05, 0) is 37.0 Å². The lowest BCUT2D eigenvalue weighted by Crippen LogP contribution is -2.32. The van der Waals surface area contributed by atoms with Gasteiger partial charge in [0.15, 0.2) is 5.82 Å². The normalized spacial score (nSPS) is 21.8. The van der Waals surface area contributed by atoms with Gasteiger partial charge >= 0.3 is 5.97 Å². The maximum absolute atomic E-state index is 14.2. The highest BCUT2D eigenvalue weighted by atomic mass is 19.1. The Morgan fingerprint density at radius 1 is 1.30 bits per heavy atom. The highest BCUT2D eigenvalue weighted by molar-refractivity contribution is 5.83. The molecule has 0 saturated carbocycles. The van der Waals surface area contributed by atoms with Gasteiger partial charge in [0.1, 0.15) is 5.82 Å². The minimum Gasteiger partial charge on any atom is -0.469 e. The smallest absolute Gasteiger partial charge is 0.313 e. The number of fused-ring (bicyclic) bond motifs is 2. The van der Waals surface area contributed by atoms with Crippen LogP contribution in [-0.2, 0) is 27.2 Å². The van der Waals surface area contributed by atoms with Crippen molar-refractivity contribution in [3.63, 3.8) is 0 Å². The third-order valence-corrected chi connectivity index (χ3v) is 6.52. The Morgan fingerprint density at radius 3 is 2.93 bits per heavy atom. The van der Waals surface area contributed by atoms with E-state index in [1.54, 1.807) is 6.07 Å². The number of anilines is 2. The molecule has 30 heavy (non-hydrogen) atoms. The number of carbonyl (C=O) groups excluding carboxylic acids is 1. The lowest BCUT2D eigenvalue weighted by molar-refractivity contribution is -0.142. The molecular formula is C22H27FN4O3. The van der Waals surface area contributed by atoms with Gasteiger partial charge in [-0.25, -0.2) is 4.39 Å². The number of carbonyl (C=O) groups is 1. The summed E-state index contributed by atoms with van der Waals surface area (Å²) in [5.74, 6) is -0.105. The molecule has 160 valence electrons. The molecule has 1 N–H and O–H groups in total. The van der Waals surface area contributed by atoms with Crippen LogP contribution in [0.15, 0.2) is 18.2 Å². The Labute approximate surface area is 175 Å². The Hall–Kier alpha value is -2.45. The molecule has 1 unspecified atom stereocenters. The number of nitrogens with one attached hydrogen (secondary N) is 1. The molecule has 1 aromatic heterocycles. The zero-order valence-corrected chi connectivity index (χ0v) is 17.2. The number of benzene rings is 1. The highest BCUT2D eigenvalue weighted by Gasteiger charge is 2.35. The number of nitrogens with zero attached hydrogens (tertiary/aromatic N) is 3. The van der Waals surface area contributed by atoms with Crippen molar-refractivity contribution in [2.24, 2.45) is 0 Å². The fourth-order valence-electron chi connectivity index (χ4n) is 4.99. The minimum atomic E-state index is -0.381. The van der Waals surface area contributed by atoms with Crippen molar-refractivity contribution >= 4 is 17.5 Å². The van der Waals surface area contributed by atoms with Crippen LogP contribution in [0, 0.1) is 5.82 Å². The third-order valence-electron chi connectivity index (χ3n) is 6.52. The van der Waals surface area contributed by atoms with E-state index < -0.39 is 0 Å². The number of methoxy groups -OCH3 is 1. The first-order chi connectivity index (χ1) is 14.7. The molecule has 1 fully saturated rings. The molecule has 0 aliphatic carbocycles. The van der Waals surface area contributed by atoms with E-state index in [1.807, 2.05) is 0 Å². The number of esters is 1. The van der Waals surface area contributed by atoms with Gasteiger partial charge in [-0.1, -0.05) is 6.07 Å². The van der Waals surface area contributed by atoms with Crippen LogP contribution in [0.1, 0.15) is 48.0 Å². The first kappa shape index (κ1) is 19.5. The topological polar surface area (TPSA) is 68.6 Å². The van der Waals surface area contributed by atoms with Crippen molar-refractivity contribution in [2.75, 3.05) is 38.3 Å². The number of hydrogen-bond donors (Lipinski definition) is 1. The maximum atomic E-state index is 14.2. The molecule has 2 aromatic rings. The number of hydrogen-bond acceptors (Lipinski definition) is 6. The summed E-state index contributed by atoms with van der Waals surface area (Å²) in [4.78, 5) is 14.4. The lowest BCUT2D eigenvalue weighted by Gasteiger charge is -2.34. The summed E-state index contributed by atoms with van der Waals surface area (Å²) in [5.41, 5.74) is 3.96. The summed E-state index contributed by atoms with van der Waals surface area (Å²) >= 11 is 0. The molecule has 1 saturated heterocycles. The number of aromatic nitrogens is 2. The molecular weight excluding hydrogens is 387 g/mol. The summed E-state index contributed by atoms with van der Waals surface area (Å²) in [6.45, 7) is 3.77. The van der Waals surface area contributed by atoms with Crippen molar-refractivity contribution < 1.29 is 18.7 Å². The Bertz CT molecular complexity index is 954. The molecule has 8 heteroatoms. The SMILES string of the molecule is COC(=O)C1CCN(c2nn(C3CCOCC3)c3c2CNCC3)c2cc(F)ccc21. The third kappa shape index (κ3) is 3.28. The van der Waals surface area contributed by atoms with Gasteiger partial charge in [-0.15, -0.1) is 0 Å². The fourth-order valence-corrected chi connectivity index (χ4v) is 4.99. The highest BCUT2D eigenvalue weighted by Crippen LogP contribution is 2.42. The van der Waals surface area contributed by atoms with Gasteiger partial charge in [0.2, 0.25) is 0 Å². The Morgan fingerprint density at radius 2 is 2.13 bits per heavy atom. The molecule has 7 nitrogen and oxygen atoms in total. The second kappa shape index (κ2) is 8.00. The van der Waals surface area contributed by atoms with Crippen LogP contribution in [0.25, 0.3) is 0 Å². The quantitative estimate of drug-likeness (QED) is 0.779. The fraction of sp³-hybridized carbons (Fsp3) is 0.545. The van der Waals surface area contributed by atoms with Gasteiger partial charge in [0.25, 0.3) is 0 Å². The molecule has 0 bridgehead atoms. The predicted molar refractivity (Wildman–Crippen MR) is 110 cm³/mol. The summed E-state index contributed by atoms with van der Waals surface area (Å²) in [5, 5.41) is 8.52. The van der Waals surface area contributed by atoms with Crippen molar-refractivity contribution in [2.45, 2.75) is 44.2 Å². The van der Waals surface area contributed by atoms with Gasteiger partial charge in [0.05, 0.1) is 19.1 Å². The Kier molecular flexibility index (Phi) is 5.20. The average Bonchev–Trinajstić information content (AvgIpc) is 3.18. The van der Waals surface area contributed by atoms with E-state index in [1.165, 1.54) is 30.5 Å². The number of rotatable bonds is 3. The number of ether oxygens (including phenoxy) is 2. The van der Waals surface area contributed by atoms with E-state index in [-0.39, 0.29) is 17.7 Å². The Balaban J connectivity index is 1.59. The van der Waals surface area contributed by atoms with E-state index >= 15 is 0 Å². The van der Waals surface area contributed by atoms with E-state index in [2.05, 4.69) is 14.9 Å². The summed E-state index contributed by atoms with van der Waals surface area (Å²) in [6, 6.07) is 4.97. The molecule has 1 aromatic carbocycles. The molecule has 0 amide bonds. The van der Waals surface area contributed by atoms with Crippen molar-refractivity contribution in [3.8, 4) is 0 Å². The zero-order chi connectivity index (χ0) is 20.7. The summed E-state index contributed by atoms with van der Waals surface area (Å²) < 4.78 is 27.0. The molecule has 3 aliphatic heterocycles. The van der Waals surface area contributed by atoms with Crippen LogP contribution >= 0.6 is 0 Å². The lowest BCUT2D eigenvalue weighted by atomic mass is 9.89. The standard InChI is InChI=1S/C22H27FN4O3/c1-29-22(28)17-5-9-26(20-12-14(23)2-3-16(17)20)21-18-13-24-8-4-19(18)27(25-21)15-6-10-30-11-7-15/h2-3,12,15,17,24H,4-11,13H2,1H3. The monoisotopic (exact) mass is 414 g/mol. The largest absolute Gasteiger partial charge is 0.469 e. The second-order valence-corrected chi connectivity index (χ2v) is 8.18. The second-order valence-electron chi connectivity index (χ2n) is 8.18. The maximum Gasteiger partial charge on any atom is 0.313 e. The van der Waals surface area contributed by atoms with E-state index in [0.717, 1.165) is 56.9 Å². The van der Waals surface area contributed by atoms with Gasteiger partial charge in [-0.3, -0.25) is 9.48 Å². The van der Waals surface area contributed by atoms with E-state index in [9.17, 15) is 9.18 Å². The molecule has 3 aliphatic rings. The van der Waals surface area contributed by atoms with Crippen molar-refractivity contribution in [1.82, 2.24) is 15.1 Å². The van der Waals surface area contributed by atoms with E-state index in [0.29, 0.717) is 24.7 Å². The van der Waals surface area contributed by atoms with Crippen molar-refractivity contribution in [1.29, 1.82) is 0 Å². The first-order valence-corrected chi connectivity index (χ1v) is 10.7. The molecule has 0 radical (unpaired) electrons. The van der Waals surface area contributed by atoms with E-state index in [4.69, 9.17) is 14.6 Å². The molecule has 0 spiro atoms. The summed E-state index contributed by atoms with van der Waals surface area (Å²) in [7, 11) is 1.40.